The molecule has 2 aromatic carbocycles. The highest BCUT2D eigenvalue weighted by Gasteiger charge is 2.26. The molecule has 0 spiro atoms. The van der Waals surface area contributed by atoms with Crippen molar-refractivity contribution in [1.82, 2.24) is 4.72 Å². The lowest BCUT2D eigenvalue weighted by Gasteiger charge is -2.18. The van der Waals surface area contributed by atoms with Gasteiger partial charge in [0.25, 0.3) is 0 Å². The minimum absolute atomic E-state index is 0.0413. The van der Waals surface area contributed by atoms with Gasteiger partial charge in [-0.3, -0.25) is 4.79 Å². The van der Waals surface area contributed by atoms with Gasteiger partial charge in [0.15, 0.2) is 11.5 Å². The van der Waals surface area contributed by atoms with E-state index in [-0.39, 0.29) is 17.4 Å². The average Bonchev–Trinajstić information content (AvgIpc) is 3.15. The van der Waals surface area contributed by atoms with Gasteiger partial charge in [0.2, 0.25) is 15.9 Å². The summed E-state index contributed by atoms with van der Waals surface area (Å²) in [6, 6.07) is 11.7. The molecule has 0 saturated heterocycles. The maximum atomic E-state index is 12.8. The summed E-state index contributed by atoms with van der Waals surface area (Å²) in [7, 11) is -2.16. The molecule has 1 N–H and O–H groups in total. The molecule has 1 amide bonds. The van der Waals surface area contributed by atoms with Gasteiger partial charge in [-0.25, -0.2) is 13.1 Å². The number of nitrogens with one attached hydrogen (secondary N) is 1. The molecule has 1 atom stereocenters. The molecule has 0 bridgehead atoms. The third-order valence-corrected chi connectivity index (χ3v) is 6.36. The van der Waals surface area contributed by atoms with Gasteiger partial charge in [0.1, 0.15) is 6.61 Å². The molecular formula is C21H26N2O5S. The van der Waals surface area contributed by atoms with Crippen LogP contribution >= 0.6 is 0 Å². The molecule has 0 aromatic heterocycles. The van der Waals surface area contributed by atoms with Gasteiger partial charge < -0.3 is 14.4 Å². The number of sulfonamides is 1. The topological polar surface area (TPSA) is 84.9 Å². The van der Waals surface area contributed by atoms with E-state index in [1.165, 1.54) is 6.07 Å². The standard InChI is InChI=1S/C21H26N2O5S/c1-4-21(24)23-12-11-16-13-17(9-10-18(16)23)29(25,26)22-15(2)14-28-20-8-6-5-7-19(20)27-3/h5-10,13,15,22H,4,11-12,14H2,1-3H3/t15-/m0/s1. The van der Waals surface area contributed by atoms with E-state index >= 15 is 0 Å². The first-order chi connectivity index (χ1) is 13.9. The Labute approximate surface area is 171 Å². The number of nitrogens with zero attached hydrogens (tertiary/aromatic N) is 1. The largest absolute Gasteiger partial charge is 0.493 e. The van der Waals surface area contributed by atoms with Gasteiger partial charge in [-0.05, 0) is 49.2 Å². The Morgan fingerprint density at radius 3 is 2.62 bits per heavy atom. The number of rotatable bonds is 8. The maximum Gasteiger partial charge on any atom is 0.240 e. The maximum absolute atomic E-state index is 12.8. The average molecular weight is 419 g/mol. The van der Waals surface area contributed by atoms with Crippen LogP contribution in [0.2, 0.25) is 0 Å². The highest BCUT2D eigenvalue weighted by atomic mass is 32.2. The van der Waals surface area contributed by atoms with Crippen molar-refractivity contribution in [2.24, 2.45) is 0 Å². The summed E-state index contributed by atoms with van der Waals surface area (Å²) in [5, 5.41) is 0. The molecule has 0 radical (unpaired) electrons. The normalized spacial score (nSPS) is 14.4. The summed E-state index contributed by atoms with van der Waals surface area (Å²) < 4.78 is 39.1. The Morgan fingerprint density at radius 2 is 1.93 bits per heavy atom. The fraction of sp³-hybridized carbons (Fsp3) is 0.381. The van der Waals surface area contributed by atoms with Crippen molar-refractivity contribution < 1.29 is 22.7 Å². The summed E-state index contributed by atoms with van der Waals surface area (Å²) in [6.45, 7) is 4.30. The molecular weight excluding hydrogens is 392 g/mol. The first-order valence-corrected chi connectivity index (χ1v) is 11.1. The van der Waals surface area contributed by atoms with Gasteiger partial charge in [-0.2, -0.15) is 0 Å². The van der Waals surface area contributed by atoms with Crippen molar-refractivity contribution in [3.8, 4) is 11.5 Å². The molecule has 8 heteroatoms. The quantitative estimate of drug-likeness (QED) is 0.713. The van der Waals surface area contributed by atoms with E-state index in [2.05, 4.69) is 4.72 Å². The molecule has 0 aliphatic carbocycles. The summed E-state index contributed by atoms with van der Waals surface area (Å²) in [5.74, 6) is 1.19. The predicted octanol–water partition coefficient (Wildman–Crippen LogP) is 2.74. The van der Waals surface area contributed by atoms with Crippen LogP contribution in [0.1, 0.15) is 25.8 Å². The van der Waals surface area contributed by atoms with Crippen LogP contribution in [0.5, 0.6) is 11.5 Å². The van der Waals surface area contributed by atoms with Crippen molar-refractivity contribution in [3.05, 3.63) is 48.0 Å². The predicted molar refractivity (Wildman–Crippen MR) is 111 cm³/mol. The Kier molecular flexibility index (Phi) is 6.44. The minimum atomic E-state index is -3.71. The molecule has 0 unspecified atom stereocenters. The van der Waals surface area contributed by atoms with Crippen molar-refractivity contribution in [3.63, 3.8) is 0 Å². The van der Waals surface area contributed by atoms with Crippen LogP contribution in [0.4, 0.5) is 5.69 Å². The number of amides is 1. The number of fused-ring (bicyclic) bond motifs is 1. The van der Waals surface area contributed by atoms with Crippen molar-refractivity contribution in [2.45, 2.75) is 37.6 Å². The summed E-state index contributed by atoms with van der Waals surface area (Å²) >= 11 is 0. The molecule has 29 heavy (non-hydrogen) atoms. The van der Waals surface area contributed by atoms with E-state index in [0.29, 0.717) is 30.9 Å². The zero-order valence-electron chi connectivity index (χ0n) is 16.8. The smallest absolute Gasteiger partial charge is 0.240 e. The number of para-hydroxylation sites is 2. The monoisotopic (exact) mass is 418 g/mol. The number of ether oxygens (including phenoxy) is 2. The lowest BCUT2D eigenvalue weighted by Crippen LogP contribution is -2.36. The first-order valence-electron chi connectivity index (χ1n) is 9.57. The third-order valence-electron chi connectivity index (χ3n) is 4.77. The van der Waals surface area contributed by atoms with Gasteiger partial charge in [0, 0.05) is 18.7 Å². The summed E-state index contributed by atoms with van der Waals surface area (Å²) in [6.07, 6.45) is 1.07. The van der Waals surface area contributed by atoms with Gasteiger partial charge >= 0.3 is 0 Å². The Morgan fingerprint density at radius 1 is 1.21 bits per heavy atom. The number of methoxy groups -OCH3 is 1. The summed E-state index contributed by atoms with van der Waals surface area (Å²) in [5.41, 5.74) is 1.66. The van der Waals surface area contributed by atoms with Crippen molar-refractivity contribution in [2.75, 3.05) is 25.2 Å². The Balaban J connectivity index is 1.67. The van der Waals surface area contributed by atoms with Crippen molar-refractivity contribution in [1.29, 1.82) is 0 Å². The van der Waals surface area contributed by atoms with Crippen LogP contribution in [0, 0.1) is 0 Å². The fourth-order valence-electron chi connectivity index (χ4n) is 3.31. The summed E-state index contributed by atoms with van der Waals surface area (Å²) in [4.78, 5) is 13.9. The van der Waals surface area contributed by atoms with E-state index in [0.717, 1.165) is 11.3 Å². The Bertz CT molecular complexity index is 990. The highest BCUT2D eigenvalue weighted by Crippen LogP contribution is 2.31. The Hall–Kier alpha value is -2.58. The molecule has 1 aliphatic rings. The second kappa shape index (κ2) is 8.84. The van der Waals surface area contributed by atoms with E-state index in [9.17, 15) is 13.2 Å². The lowest BCUT2D eigenvalue weighted by molar-refractivity contribution is -0.118. The third kappa shape index (κ3) is 4.71. The van der Waals surface area contributed by atoms with Crippen LogP contribution < -0.4 is 19.1 Å². The molecule has 1 heterocycles. The number of anilines is 1. The van der Waals surface area contributed by atoms with Crippen LogP contribution in [0.15, 0.2) is 47.4 Å². The second-order valence-corrected chi connectivity index (χ2v) is 8.64. The lowest BCUT2D eigenvalue weighted by atomic mass is 10.2. The van der Waals surface area contributed by atoms with Crippen LogP contribution in [-0.4, -0.2) is 40.6 Å². The minimum Gasteiger partial charge on any atom is -0.493 e. The molecule has 3 rings (SSSR count). The second-order valence-electron chi connectivity index (χ2n) is 6.92. The molecule has 1 aliphatic heterocycles. The fourth-order valence-corrected chi connectivity index (χ4v) is 4.59. The van der Waals surface area contributed by atoms with Crippen molar-refractivity contribution >= 4 is 21.6 Å². The van der Waals surface area contributed by atoms with Crippen LogP contribution in [0.25, 0.3) is 0 Å². The zero-order valence-corrected chi connectivity index (χ0v) is 17.7. The van der Waals surface area contributed by atoms with Crippen LogP contribution in [-0.2, 0) is 21.2 Å². The SMILES string of the molecule is CCC(=O)N1CCc2cc(S(=O)(=O)N[C@@H](C)COc3ccccc3OC)ccc21. The number of hydrogen-bond acceptors (Lipinski definition) is 5. The van der Waals surface area contributed by atoms with Gasteiger partial charge in [-0.15, -0.1) is 0 Å². The number of carbonyl (C=O) groups excluding carboxylic acids is 1. The van der Waals surface area contributed by atoms with Crippen LogP contribution in [0.3, 0.4) is 0 Å². The number of carbonyl (C=O) groups is 1. The highest BCUT2D eigenvalue weighted by molar-refractivity contribution is 7.89. The molecule has 7 nitrogen and oxygen atoms in total. The molecule has 2 aromatic rings. The zero-order chi connectivity index (χ0) is 21.0. The van der Waals surface area contributed by atoms with E-state index in [1.54, 1.807) is 43.2 Å². The van der Waals surface area contributed by atoms with E-state index in [4.69, 9.17) is 9.47 Å². The van der Waals surface area contributed by atoms with E-state index in [1.807, 2.05) is 19.1 Å². The molecule has 0 fully saturated rings. The van der Waals surface area contributed by atoms with E-state index < -0.39 is 16.1 Å². The first kappa shape index (κ1) is 21.1. The molecule has 156 valence electrons. The van der Waals surface area contributed by atoms with Gasteiger partial charge in [0.05, 0.1) is 18.0 Å². The number of hydrogen-bond donors (Lipinski definition) is 1. The van der Waals surface area contributed by atoms with Gasteiger partial charge in [-0.1, -0.05) is 19.1 Å². The molecule has 0 saturated carbocycles. The number of benzene rings is 2.